The van der Waals surface area contributed by atoms with Gasteiger partial charge in [-0.25, -0.2) is 0 Å². The molecule has 1 fully saturated rings. The lowest BCUT2D eigenvalue weighted by molar-refractivity contribution is -0.136. The van der Waals surface area contributed by atoms with Crippen LogP contribution >= 0.6 is 0 Å². The second kappa shape index (κ2) is 8.15. The van der Waals surface area contributed by atoms with Crippen molar-refractivity contribution in [1.82, 2.24) is 15.5 Å². The molecule has 7 nitrogen and oxygen atoms in total. The zero-order chi connectivity index (χ0) is 21.4. The molecular formula is C24H26N4O3. The molecule has 0 aliphatic carbocycles. The third-order valence-corrected chi connectivity index (χ3v) is 6.41. The van der Waals surface area contributed by atoms with Crippen LogP contribution in [0.15, 0.2) is 36.4 Å². The van der Waals surface area contributed by atoms with Crippen LogP contribution in [0.3, 0.4) is 0 Å². The highest BCUT2D eigenvalue weighted by molar-refractivity contribution is 6.05. The van der Waals surface area contributed by atoms with Crippen molar-refractivity contribution in [1.29, 1.82) is 0 Å². The lowest BCUT2D eigenvalue weighted by Crippen LogP contribution is -2.52. The van der Waals surface area contributed by atoms with E-state index < -0.39 is 6.04 Å². The number of aryl methyl sites for hydroxylation is 1. The highest BCUT2D eigenvalue weighted by Gasteiger charge is 2.39. The van der Waals surface area contributed by atoms with Crippen LogP contribution in [0.1, 0.15) is 51.9 Å². The number of carbonyl (C=O) groups excluding carboxylic acids is 3. The topological polar surface area (TPSA) is 90.5 Å². The molecule has 1 saturated heterocycles. The number of carbonyl (C=O) groups is 3. The molecule has 3 heterocycles. The van der Waals surface area contributed by atoms with E-state index in [-0.39, 0.29) is 24.1 Å². The van der Waals surface area contributed by atoms with E-state index in [1.54, 1.807) is 4.90 Å². The van der Waals surface area contributed by atoms with Gasteiger partial charge in [0.1, 0.15) is 6.04 Å². The molecule has 2 aromatic rings. The molecule has 160 valence electrons. The molecule has 3 aliphatic heterocycles. The molecule has 0 bridgehead atoms. The van der Waals surface area contributed by atoms with Gasteiger partial charge in [0, 0.05) is 37.3 Å². The monoisotopic (exact) mass is 418 g/mol. The average Bonchev–Trinajstić information content (AvgIpc) is 2.93. The van der Waals surface area contributed by atoms with E-state index in [0.29, 0.717) is 25.1 Å². The summed E-state index contributed by atoms with van der Waals surface area (Å²) in [6.45, 7) is 3.02. The van der Waals surface area contributed by atoms with Crippen molar-refractivity contribution in [2.24, 2.45) is 0 Å². The number of hydrogen-bond acceptors (Lipinski definition) is 5. The van der Waals surface area contributed by atoms with Crippen LogP contribution in [0.2, 0.25) is 0 Å². The van der Waals surface area contributed by atoms with Gasteiger partial charge in [-0.3, -0.25) is 19.7 Å². The van der Waals surface area contributed by atoms with Crippen LogP contribution in [0.5, 0.6) is 0 Å². The minimum Gasteiger partial charge on any atom is -0.381 e. The lowest BCUT2D eigenvalue weighted by atomic mass is 10.0. The number of nitrogens with one attached hydrogen (secondary N) is 3. The highest BCUT2D eigenvalue weighted by atomic mass is 16.2. The number of nitrogens with zero attached hydrogens (tertiary/aromatic N) is 1. The van der Waals surface area contributed by atoms with E-state index in [1.165, 1.54) is 17.5 Å². The quantitative estimate of drug-likeness (QED) is 0.662. The zero-order valence-corrected chi connectivity index (χ0v) is 17.4. The van der Waals surface area contributed by atoms with Gasteiger partial charge in [0.25, 0.3) is 5.91 Å². The first-order chi connectivity index (χ1) is 15.1. The Labute approximate surface area is 181 Å². The number of amides is 3. The average molecular weight is 418 g/mol. The fourth-order valence-electron chi connectivity index (χ4n) is 4.71. The van der Waals surface area contributed by atoms with Crippen molar-refractivity contribution in [2.75, 3.05) is 11.9 Å². The van der Waals surface area contributed by atoms with E-state index in [0.717, 1.165) is 36.3 Å². The molecule has 3 N–H and O–H groups in total. The lowest BCUT2D eigenvalue weighted by Gasteiger charge is -2.29. The number of hydrogen-bond donors (Lipinski definition) is 3. The number of fused-ring (bicyclic) bond motifs is 2. The normalized spacial score (nSPS) is 20.7. The largest absolute Gasteiger partial charge is 0.381 e. The van der Waals surface area contributed by atoms with E-state index >= 15 is 0 Å². The van der Waals surface area contributed by atoms with Crippen molar-refractivity contribution in [3.63, 3.8) is 0 Å². The fraction of sp³-hybridized carbons (Fsp3) is 0.375. The van der Waals surface area contributed by atoms with Crippen molar-refractivity contribution >= 4 is 23.4 Å². The van der Waals surface area contributed by atoms with Crippen molar-refractivity contribution in [3.8, 4) is 0 Å². The summed E-state index contributed by atoms with van der Waals surface area (Å²) >= 11 is 0. The summed E-state index contributed by atoms with van der Waals surface area (Å²) < 4.78 is 0. The SMILES string of the molecule is O=C1CCC(N2Cc3cc(CNc4ccc5c(c4)CNCCC5)ccc3C2=O)C(=O)N1. The fourth-order valence-corrected chi connectivity index (χ4v) is 4.71. The number of piperidine rings is 1. The van der Waals surface area contributed by atoms with E-state index in [2.05, 4.69) is 34.1 Å². The Kier molecular flexibility index (Phi) is 5.19. The van der Waals surface area contributed by atoms with Crippen LogP contribution in [-0.4, -0.2) is 35.2 Å². The Bertz CT molecular complexity index is 1060. The van der Waals surface area contributed by atoms with E-state index in [9.17, 15) is 14.4 Å². The minimum atomic E-state index is -0.577. The van der Waals surface area contributed by atoms with Crippen LogP contribution in [-0.2, 0) is 35.6 Å². The molecular weight excluding hydrogens is 392 g/mol. The number of benzene rings is 2. The van der Waals surface area contributed by atoms with Gasteiger partial charge in [-0.2, -0.15) is 0 Å². The van der Waals surface area contributed by atoms with E-state index in [4.69, 9.17) is 0 Å². The Morgan fingerprint density at radius 1 is 1.00 bits per heavy atom. The first-order valence-corrected chi connectivity index (χ1v) is 10.9. The summed E-state index contributed by atoms with van der Waals surface area (Å²) in [5.74, 6) is -0.786. The molecule has 0 saturated carbocycles. The van der Waals surface area contributed by atoms with Gasteiger partial charge >= 0.3 is 0 Å². The molecule has 3 aliphatic rings. The molecule has 7 heteroatoms. The second-order valence-electron chi connectivity index (χ2n) is 8.51. The first kappa shape index (κ1) is 19.8. The van der Waals surface area contributed by atoms with Gasteiger partial charge < -0.3 is 15.5 Å². The van der Waals surface area contributed by atoms with Gasteiger partial charge in [-0.05, 0) is 66.3 Å². The molecule has 0 spiro atoms. The standard InChI is InChI=1S/C24H26N4O3/c29-22-8-7-21(23(30)27-22)28-14-18-10-15(3-6-20(18)24(28)31)12-26-19-5-4-16-2-1-9-25-13-17(16)11-19/h3-6,10-11,21,25-26H,1-2,7-9,12-14H2,(H,27,29,30). The third-order valence-electron chi connectivity index (χ3n) is 6.41. The van der Waals surface area contributed by atoms with Gasteiger partial charge in [0.05, 0.1) is 0 Å². The summed E-state index contributed by atoms with van der Waals surface area (Å²) in [5.41, 5.74) is 6.51. The van der Waals surface area contributed by atoms with Crippen LogP contribution in [0.4, 0.5) is 5.69 Å². The molecule has 0 radical (unpaired) electrons. The summed E-state index contributed by atoms with van der Waals surface area (Å²) in [5, 5.41) is 9.30. The summed E-state index contributed by atoms with van der Waals surface area (Å²) in [6, 6.07) is 11.8. The summed E-state index contributed by atoms with van der Waals surface area (Å²) in [7, 11) is 0. The first-order valence-electron chi connectivity index (χ1n) is 10.9. The van der Waals surface area contributed by atoms with Gasteiger partial charge in [0.15, 0.2) is 0 Å². The van der Waals surface area contributed by atoms with Gasteiger partial charge in [-0.15, -0.1) is 0 Å². The Hall–Kier alpha value is -3.19. The molecule has 2 aromatic carbocycles. The Balaban J connectivity index is 1.27. The highest BCUT2D eigenvalue weighted by Crippen LogP contribution is 2.28. The second-order valence-corrected chi connectivity index (χ2v) is 8.51. The molecule has 31 heavy (non-hydrogen) atoms. The van der Waals surface area contributed by atoms with Crippen LogP contribution in [0, 0.1) is 0 Å². The third kappa shape index (κ3) is 3.93. The molecule has 3 amide bonds. The Morgan fingerprint density at radius 2 is 1.90 bits per heavy atom. The Morgan fingerprint density at radius 3 is 2.77 bits per heavy atom. The zero-order valence-electron chi connectivity index (χ0n) is 17.4. The van der Waals surface area contributed by atoms with Crippen molar-refractivity contribution < 1.29 is 14.4 Å². The summed E-state index contributed by atoms with van der Waals surface area (Å²) in [4.78, 5) is 38.0. The maximum absolute atomic E-state index is 12.8. The van der Waals surface area contributed by atoms with Gasteiger partial charge in [-0.1, -0.05) is 18.2 Å². The molecule has 1 unspecified atom stereocenters. The van der Waals surface area contributed by atoms with Crippen LogP contribution < -0.4 is 16.0 Å². The van der Waals surface area contributed by atoms with E-state index in [1.807, 2.05) is 18.2 Å². The smallest absolute Gasteiger partial charge is 0.255 e. The summed E-state index contributed by atoms with van der Waals surface area (Å²) in [6.07, 6.45) is 2.93. The molecule has 5 rings (SSSR count). The van der Waals surface area contributed by atoms with Crippen molar-refractivity contribution in [2.45, 2.75) is 51.4 Å². The van der Waals surface area contributed by atoms with Crippen LogP contribution in [0.25, 0.3) is 0 Å². The maximum Gasteiger partial charge on any atom is 0.255 e. The number of imide groups is 1. The van der Waals surface area contributed by atoms with Crippen molar-refractivity contribution in [3.05, 3.63) is 64.2 Å². The number of rotatable bonds is 4. The molecule has 1 atom stereocenters. The predicted octanol–water partition coefficient (Wildman–Crippen LogP) is 2.10. The minimum absolute atomic E-state index is 0.137. The molecule has 0 aromatic heterocycles. The predicted molar refractivity (Wildman–Crippen MR) is 116 cm³/mol. The van der Waals surface area contributed by atoms with Gasteiger partial charge in [0.2, 0.25) is 11.8 Å². The maximum atomic E-state index is 12.8. The number of anilines is 1.